The highest BCUT2D eigenvalue weighted by Crippen LogP contribution is 2.47. The van der Waals surface area contributed by atoms with Crippen molar-refractivity contribution < 1.29 is 9.84 Å². The van der Waals surface area contributed by atoms with Crippen LogP contribution in [-0.4, -0.2) is 37.8 Å². The Labute approximate surface area is 191 Å². The van der Waals surface area contributed by atoms with Gasteiger partial charge in [0.1, 0.15) is 11.4 Å². The molecule has 6 heteroatoms. The first kappa shape index (κ1) is 23.5. The van der Waals surface area contributed by atoms with Crippen molar-refractivity contribution in [3.63, 3.8) is 0 Å². The van der Waals surface area contributed by atoms with Crippen molar-refractivity contribution in [2.24, 2.45) is 4.99 Å². The fourth-order valence-corrected chi connectivity index (χ4v) is 3.38. The number of guanidine groups is 1. The van der Waals surface area contributed by atoms with Crippen LogP contribution in [0.2, 0.25) is 0 Å². The molecule has 1 fully saturated rings. The molecule has 2 aromatic carbocycles. The van der Waals surface area contributed by atoms with E-state index < -0.39 is 5.60 Å². The van der Waals surface area contributed by atoms with E-state index in [1.807, 2.05) is 49.4 Å². The van der Waals surface area contributed by atoms with E-state index in [4.69, 9.17) is 4.74 Å². The first-order chi connectivity index (χ1) is 13.5. The predicted octanol–water partition coefficient (Wildman–Crippen LogP) is 3.81. The van der Waals surface area contributed by atoms with E-state index in [1.54, 1.807) is 14.0 Å². The van der Waals surface area contributed by atoms with Crippen molar-refractivity contribution in [1.82, 2.24) is 10.6 Å². The molecule has 0 radical (unpaired) electrons. The molecule has 0 bridgehead atoms. The van der Waals surface area contributed by atoms with Gasteiger partial charge in [-0.15, -0.1) is 24.0 Å². The fraction of sp³-hybridized carbons (Fsp3) is 0.435. The Morgan fingerprint density at radius 3 is 2.31 bits per heavy atom. The number of aliphatic hydroxyl groups is 1. The second-order valence-corrected chi connectivity index (χ2v) is 7.70. The Bertz CT molecular complexity index is 788. The van der Waals surface area contributed by atoms with Gasteiger partial charge in [-0.1, -0.05) is 42.5 Å². The summed E-state index contributed by atoms with van der Waals surface area (Å²) in [5, 5.41) is 17.6. The van der Waals surface area contributed by atoms with Crippen molar-refractivity contribution in [2.75, 3.05) is 26.7 Å². The fourth-order valence-electron chi connectivity index (χ4n) is 3.38. The predicted molar refractivity (Wildman–Crippen MR) is 129 cm³/mol. The molecule has 0 aromatic heterocycles. The largest absolute Gasteiger partial charge is 0.497 e. The topological polar surface area (TPSA) is 65.9 Å². The highest BCUT2D eigenvalue weighted by atomic mass is 127. The van der Waals surface area contributed by atoms with Gasteiger partial charge in [0.05, 0.1) is 13.7 Å². The van der Waals surface area contributed by atoms with Crippen LogP contribution in [-0.2, 0) is 11.0 Å². The zero-order valence-corrected chi connectivity index (χ0v) is 19.8. The highest BCUT2D eigenvalue weighted by Gasteiger charge is 2.44. The molecule has 1 aliphatic carbocycles. The van der Waals surface area contributed by atoms with Crippen molar-refractivity contribution in [1.29, 1.82) is 0 Å². The zero-order chi connectivity index (χ0) is 20.0. The normalized spacial score (nSPS) is 16.9. The van der Waals surface area contributed by atoms with Crippen LogP contribution >= 0.6 is 24.0 Å². The molecule has 1 saturated carbocycles. The standard InChI is InChI=1S/C23H31N3O2.HI/c1-4-24-21(25-16-22(2,27)18-8-6-5-7-9-18)26-17-23(14-15-23)19-10-12-20(28-3)13-11-19;/h5-13,27H,4,14-17H2,1-3H3,(H2,24,25,26);1H. The Morgan fingerprint density at radius 2 is 1.76 bits per heavy atom. The van der Waals surface area contributed by atoms with Crippen LogP contribution in [0.15, 0.2) is 59.6 Å². The second kappa shape index (κ2) is 10.3. The van der Waals surface area contributed by atoms with Crippen LogP contribution in [0.1, 0.15) is 37.8 Å². The number of hydrogen-bond acceptors (Lipinski definition) is 3. The lowest BCUT2D eigenvalue weighted by Crippen LogP contribution is -2.42. The van der Waals surface area contributed by atoms with Gasteiger partial charge in [-0.05, 0) is 49.9 Å². The summed E-state index contributed by atoms with van der Waals surface area (Å²) in [6, 6.07) is 18.0. The zero-order valence-electron chi connectivity index (χ0n) is 17.4. The van der Waals surface area contributed by atoms with Crippen LogP contribution in [0, 0.1) is 0 Å². The molecule has 5 nitrogen and oxygen atoms in total. The summed E-state index contributed by atoms with van der Waals surface area (Å²) in [5.41, 5.74) is 1.35. The number of methoxy groups -OCH3 is 1. The van der Waals surface area contributed by atoms with Gasteiger partial charge in [0.2, 0.25) is 0 Å². The van der Waals surface area contributed by atoms with Gasteiger partial charge >= 0.3 is 0 Å². The maximum Gasteiger partial charge on any atom is 0.191 e. The van der Waals surface area contributed by atoms with E-state index in [-0.39, 0.29) is 29.4 Å². The number of hydrogen-bond donors (Lipinski definition) is 3. The molecule has 0 amide bonds. The van der Waals surface area contributed by atoms with E-state index in [9.17, 15) is 5.11 Å². The van der Waals surface area contributed by atoms with Gasteiger partial charge in [-0.3, -0.25) is 0 Å². The number of nitrogens with zero attached hydrogens (tertiary/aromatic N) is 1. The molecular weight excluding hydrogens is 477 g/mol. The number of nitrogens with one attached hydrogen (secondary N) is 2. The quantitative estimate of drug-likeness (QED) is 0.288. The smallest absolute Gasteiger partial charge is 0.191 e. The van der Waals surface area contributed by atoms with Crippen LogP contribution < -0.4 is 15.4 Å². The van der Waals surface area contributed by atoms with Gasteiger partial charge < -0.3 is 20.5 Å². The molecule has 0 aliphatic heterocycles. The summed E-state index contributed by atoms with van der Waals surface area (Å²) in [4.78, 5) is 4.64. The average molecular weight is 509 g/mol. The third-order valence-electron chi connectivity index (χ3n) is 5.44. The van der Waals surface area contributed by atoms with Gasteiger partial charge in [0, 0.05) is 18.5 Å². The Hall–Kier alpha value is -1.80. The van der Waals surface area contributed by atoms with Crippen molar-refractivity contribution in [3.05, 3.63) is 65.7 Å². The summed E-state index contributed by atoms with van der Waals surface area (Å²) in [5.74, 6) is 1.61. The molecule has 3 N–H and O–H groups in total. The van der Waals surface area contributed by atoms with E-state index in [0.29, 0.717) is 6.54 Å². The molecule has 3 rings (SSSR count). The molecule has 1 atom stereocenters. The average Bonchev–Trinajstić information content (AvgIpc) is 3.52. The lowest BCUT2D eigenvalue weighted by molar-refractivity contribution is 0.0672. The summed E-state index contributed by atoms with van der Waals surface area (Å²) in [6.45, 7) is 5.73. The third-order valence-corrected chi connectivity index (χ3v) is 5.44. The first-order valence-electron chi connectivity index (χ1n) is 9.94. The number of aliphatic imine (C=N–C) groups is 1. The minimum absolute atomic E-state index is 0. The van der Waals surface area contributed by atoms with Gasteiger partial charge in [-0.25, -0.2) is 4.99 Å². The molecule has 1 aliphatic rings. The Kier molecular flexibility index (Phi) is 8.34. The summed E-state index contributed by atoms with van der Waals surface area (Å²) >= 11 is 0. The molecule has 2 aromatic rings. The summed E-state index contributed by atoms with van der Waals surface area (Å²) < 4.78 is 5.26. The van der Waals surface area contributed by atoms with E-state index in [0.717, 1.165) is 43.2 Å². The number of rotatable bonds is 8. The maximum absolute atomic E-state index is 10.8. The molecule has 0 heterocycles. The SMILES string of the molecule is CCNC(=NCC(C)(O)c1ccccc1)NCC1(c2ccc(OC)cc2)CC1.I. The molecule has 1 unspecified atom stereocenters. The van der Waals surface area contributed by atoms with E-state index >= 15 is 0 Å². The molecule has 0 saturated heterocycles. The van der Waals surface area contributed by atoms with Crippen LogP contribution in [0.4, 0.5) is 0 Å². The van der Waals surface area contributed by atoms with Gasteiger partial charge in [0.15, 0.2) is 5.96 Å². The van der Waals surface area contributed by atoms with Gasteiger partial charge in [0.25, 0.3) is 0 Å². The highest BCUT2D eigenvalue weighted by molar-refractivity contribution is 14.0. The minimum atomic E-state index is -1.00. The van der Waals surface area contributed by atoms with Crippen LogP contribution in [0.3, 0.4) is 0 Å². The minimum Gasteiger partial charge on any atom is -0.497 e. The second-order valence-electron chi connectivity index (χ2n) is 7.70. The van der Waals surface area contributed by atoms with E-state index in [1.165, 1.54) is 5.56 Å². The summed E-state index contributed by atoms with van der Waals surface area (Å²) in [7, 11) is 1.69. The number of halogens is 1. The Balaban J connectivity index is 0.00000300. The molecule has 0 spiro atoms. The van der Waals surface area contributed by atoms with Gasteiger partial charge in [-0.2, -0.15) is 0 Å². The van der Waals surface area contributed by atoms with Crippen molar-refractivity contribution in [2.45, 2.75) is 37.7 Å². The van der Waals surface area contributed by atoms with Crippen molar-refractivity contribution in [3.8, 4) is 5.75 Å². The molecular formula is C23H32IN3O2. The first-order valence-corrected chi connectivity index (χ1v) is 9.94. The summed E-state index contributed by atoms with van der Waals surface area (Å²) in [6.07, 6.45) is 2.32. The van der Waals surface area contributed by atoms with Crippen molar-refractivity contribution >= 4 is 29.9 Å². The van der Waals surface area contributed by atoms with Crippen LogP contribution in [0.5, 0.6) is 5.75 Å². The lowest BCUT2D eigenvalue weighted by Gasteiger charge is -2.23. The van der Waals surface area contributed by atoms with E-state index in [2.05, 4.69) is 27.8 Å². The van der Waals surface area contributed by atoms with Crippen LogP contribution in [0.25, 0.3) is 0 Å². The molecule has 29 heavy (non-hydrogen) atoms. The maximum atomic E-state index is 10.8. The number of ether oxygens (including phenoxy) is 1. The Morgan fingerprint density at radius 1 is 1.10 bits per heavy atom. The third kappa shape index (κ3) is 6.09. The lowest BCUT2D eigenvalue weighted by atomic mass is 9.96. The monoisotopic (exact) mass is 509 g/mol. The molecule has 158 valence electrons. The number of benzene rings is 2.